The smallest absolute Gasteiger partial charge is 0.261 e. The van der Waals surface area contributed by atoms with E-state index in [1.165, 1.54) is 0 Å². The molecule has 0 aliphatic carbocycles. The molecule has 0 bridgehead atoms. The molecule has 0 saturated carbocycles. The van der Waals surface area contributed by atoms with Gasteiger partial charge in [0.1, 0.15) is 5.75 Å². The molecule has 0 spiro atoms. The summed E-state index contributed by atoms with van der Waals surface area (Å²) >= 11 is 6.00. The van der Waals surface area contributed by atoms with Gasteiger partial charge in [0.15, 0.2) is 17.6 Å². The second-order valence-corrected chi connectivity index (χ2v) is 6.33. The average Bonchev–Trinajstić information content (AvgIpc) is 2.67. The molecular weight excluding hydrogens is 370 g/mol. The van der Waals surface area contributed by atoms with Gasteiger partial charge in [-0.15, -0.1) is 0 Å². The van der Waals surface area contributed by atoms with Gasteiger partial charge in [-0.2, -0.15) is 0 Å². The molecule has 0 aromatic heterocycles. The molecule has 2 aromatic rings. The molecule has 0 saturated heterocycles. The van der Waals surface area contributed by atoms with Crippen LogP contribution in [0.3, 0.4) is 0 Å². The Labute approximate surface area is 164 Å². The van der Waals surface area contributed by atoms with Gasteiger partial charge in [-0.05, 0) is 55.3 Å². The highest BCUT2D eigenvalue weighted by atomic mass is 35.5. The predicted molar refractivity (Wildman–Crippen MR) is 104 cm³/mol. The molecule has 0 radical (unpaired) electrons. The number of nitrogens with one attached hydrogen (secondary N) is 1. The third-order valence-electron chi connectivity index (χ3n) is 4.00. The number of methoxy groups -OCH3 is 3. The zero-order chi connectivity index (χ0) is 20.0. The van der Waals surface area contributed by atoms with Crippen LogP contribution in [0.15, 0.2) is 30.3 Å². The zero-order valence-electron chi connectivity index (χ0n) is 16.1. The highest BCUT2D eigenvalue weighted by Gasteiger charge is 2.17. The van der Waals surface area contributed by atoms with Crippen molar-refractivity contribution in [1.82, 2.24) is 5.32 Å². The number of halogens is 1. The van der Waals surface area contributed by atoms with Crippen LogP contribution in [-0.4, -0.2) is 33.3 Å². The van der Waals surface area contributed by atoms with Crippen LogP contribution in [0.25, 0.3) is 0 Å². The number of carbonyl (C=O) groups excluding carboxylic acids is 1. The van der Waals surface area contributed by atoms with E-state index in [2.05, 4.69) is 5.32 Å². The molecule has 1 amide bonds. The highest BCUT2D eigenvalue weighted by Crippen LogP contribution is 2.38. The largest absolute Gasteiger partial charge is 0.493 e. The highest BCUT2D eigenvalue weighted by molar-refractivity contribution is 6.31. The number of hydrogen-bond acceptors (Lipinski definition) is 5. The lowest BCUT2D eigenvalue weighted by atomic mass is 10.1. The molecule has 6 nitrogen and oxygen atoms in total. The van der Waals surface area contributed by atoms with Crippen LogP contribution in [0.1, 0.15) is 18.1 Å². The summed E-state index contributed by atoms with van der Waals surface area (Å²) < 4.78 is 21.6. The number of ether oxygens (including phenoxy) is 4. The summed E-state index contributed by atoms with van der Waals surface area (Å²) in [6, 6.07) is 8.85. The third-order valence-corrected chi connectivity index (χ3v) is 4.43. The van der Waals surface area contributed by atoms with Crippen LogP contribution in [0, 0.1) is 6.92 Å². The minimum absolute atomic E-state index is 0.239. The van der Waals surface area contributed by atoms with Crippen molar-refractivity contribution in [1.29, 1.82) is 0 Å². The molecule has 27 heavy (non-hydrogen) atoms. The van der Waals surface area contributed by atoms with Crippen molar-refractivity contribution in [2.24, 2.45) is 0 Å². The van der Waals surface area contributed by atoms with Crippen molar-refractivity contribution in [3.63, 3.8) is 0 Å². The quantitative estimate of drug-likeness (QED) is 0.739. The maximum Gasteiger partial charge on any atom is 0.261 e. The maximum atomic E-state index is 12.4. The molecule has 2 rings (SSSR count). The van der Waals surface area contributed by atoms with Gasteiger partial charge in [-0.1, -0.05) is 11.6 Å². The second-order valence-electron chi connectivity index (χ2n) is 5.92. The summed E-state index contributed by atoms with van der Waals surface area (Å²) in [7, 11) is 4.63. The van der Waals surface area contributed by atoms with Crippen LogP contribution in [0.2, 0.25) is 5.02 Å². The lowest BCUT2D eigenvalue weighted by Crippen LogP contribution is -2.35. The van der Waals surface area contributed by atoms with Crippen molar-refractivity contribution in [2.45, 2.75) is 26.5 Å². The van der Waals surface area contributed by atoms with Crippen molar-refractivity contribution in [3.05, 3.63) is 46.5 Å². The zero-order valence-corrected chi connectivity index (χ0v) is 16.8. The Morgan fingerprint density at radius 1 is 1.07 bits per heavy atom. The summed E-state index contributed by atoms with van der Waals surface area (Å²) in [5.41, 5.74) is 1.70. The van der Waals surface area contributed by atoms with Gasteiger partial charge in [-0.25, -0.2) is 0 Å². The summed E-state index contributed by atoms with van der Waals surface area (Å²) in [5.74, 6) is 1.91. The van der Waals surface area contributed by atoms with Crippen molar-refractivity contribution >= 4 is 17.5 Å². The third kappa shape index (κ3) is 5.20. The van der Waals surface area contributed by atoms with Gasteiger partial charge >= 0.3 is 0 Å². The molecule has 1 atom stereocenters. The lowest BCUT2D eigenvalue weighted by molar-refractivity contribution is -0.127. The minimum atomic E-state index is -0.660. The minimum Gasteiger partial charge on any atom is -0.493 e. The summed E-state index contributed by atoms with van der Waals surface area (Å²) in [6.07, 6.45) is -0.660. The Morgan fingerprint density at radius 2 is 1.70 bits per heavy atom. The van der Waals surface area contributed by atoms with Gasteiger partial charge in [0.05, 0.1) is 21.3 Å². The Bertz CT molecular complexity index is 784. The molecule has 0 fully saturated rings. The van der Waals surface area contributed by atoms with Gasteiger partial charge < -0.3 is 24.3 Å². The molecule has 7 heteroatoms. The van der Waals surface area contributed by atoms with E-state index in [0.29, 0.717) is 34.6 Å². The van der Waals surface area contributed by atoms with Crippen molar-refractivity contribution < 1.29 is 23.7 Å². The first-order valence-electron chi connectivity index (χ1n) is 8.39. The van der Waals surface area contributed by atoms with E-state index >= 15 is 0 Å². The van der Waals surface area contributed by atoms with Crippen LogP contribution >= 0.6 is 11.6 Å². The number of benzene rings is 2. The first kappa shape index (κ1) is 20.7. The van der Waals surface area contributed by atoms with E-state index in [1.54, 1.807) is 58.6 Å². The topological polar surface area (TPSA) is 66.0 Å². The SMILES string of the molecule is COc1cc(CNC(=O)[C@H](C)Oc2ccc(Cl)c(C)c2)cc(OC)c1OC. The van der Waals surface area contributed by atoms with Crippen LogP contribution in [0.4, 0.5) is 0 Å². The van der Waals surface area contributed by atoms with Crippen LogP contribution < -0.4 is 24.3 Å². The maximum absolute atomic E-state index is 12.4. The number of carbonyl (C=O) groups is 1. The number of rotatable bonds is 8. The first-order valence-corrected chi connectivity index (χ1v) is 8.76. The standard InChI is InChI=1S/C20H24ClNO5/c1-12-8-15(6-7-16(12)21)27-13(2)20(23)22-11-14-9-17(24-3)19(26-5)18(10-14)25-4/h6-10,13H,11H2,1-5H3,(H,22,23)/t13-/m0/s1. The molecule has 2 aromatic carbocycles. The monoisotopic (exact) mass is 393 g/mol. The Balaban J connectivity index is 2.02. The molecule has 0 aliphatic heterocycles. The Hall–Kier alpha value is -2.60. The van der Waals surface area contributed by atoms with E-state index in [0.717, 1.165) is 11.1 Å². The fraction of sp³-hybridized carbons (Fsp3) is 0.350. The second kappa shape index (κ2) is 9.37. The fourth-order valence-corrected chi connectivity index (χ4v) is 2.64. The number of hydrogen-bond donors (Lipinski definition) is 1. The number of aryl methyl sites for hydroxylation is 1. The van der Waals surface area contributed by atoms with E-state index in [-0.39, 0.29) is 5.91 Å². The van der Waals surface area contributed by atoms with Gasteiger partial charge in [0, 0.05) is 11.6 Å². The first-order chi connectivity index (χ1) is 12.9. The Morgan fingerprint density at radius 3 is 2.22 bits per heavy atom. The fourth-order valence-electron chi connectivity index (χ4n) is 2.52. The van der Waals surface area contributed by atoms with Gasteiger partial charge in [-0.3, -0.25) is 4.79 Å². The average molecular weight is 394 g/mol. The van der Waals surface area contributed by atoms with E-state index in [4.69, 9.17) is 30.5 Å². The van der Waals surface area contributed by atoms with Crippen LogP contribution in [0.5, 0.6) is 23.0 Å². The molecule has 0 unspecified atom stereocenters. The van der Waals surface area contributed by atoms with Gasteiger partial charge in [0.2, 0.25) is 5.75 Å². The van der Waals surface area contributed by atoms with E-state index in [1.807, 2.05) is 6.92 Å². The molecule has 146 valence electrons. The molecule has 1 N–H and O–H groups in total. The summed E-state index contributed by atoms with van der Waals surface area (Å²) in [6.45, 7) is 3.86. The van der Waals surface area contributed by atoms with E-state index in [9.17, 15) is 4.79 Å². The van der Waals surface area contributed by atoms with Crippen molar-refractivity contribution in [3.8, 4) is 23.0 Å². The Kier molecular flexibility index (Phi) is 7.19. The lowest BCUT2D eigenvalue weighted by Gasteiger charge is -2.17. The normalized spacial score (nSPS) is 11.5. The molecule has 0 heterocycles. The summed E-state index contributed by atoms with van der Waals surface area (Å²) in [4.78, 5) is 12.4. The predicted octanol–water partition coefficient (Wildman–Crippen LogP) is 3.76. The van der Waals surface area contributed by atoms with E-state index < -0.39 is 6.10 Å². The van der Waals surface area contributed by atoms with Crippen molar-refractivity contribution in [2.75, 3.05) is 21.3 Å². The molecule has 0 aliphatic rings. The van der Waals surface area contributed by atoms with Gasteiger partial charge in [0.25, 0.3) is 5.91 Å². The molecular formula is C20H24ClNO5. The summed E-state index contributed by atoms with van der Waals surface area (Å²) in [5, 5.41) is 3.50. The number of amides is 1. The van der Waals surface area contributed by atoms with Crippen LogP contribution in [-0.2, 0) is 11.3 Å².